The first-order chi connectivity index (χ1) is 8.40. The van der Waals surface area contributed by atoms with Gasteiger partial charge in [0.2, 0.25) is 0 Å². The van der Waals surface area contributed by atoms with Crippen LogP contribution in [0.15, 0.2) is 4.52 Å². The third-order valence-electron chi connectivity index (χ3n) is 2.46. The van der Waals surface area contributed by atoms with Gasteiger partial charge in [-0.05, 0) is 23.9 Å². The molecule has 2 rings (SSSR count). The van der Waals surface area contributed by atoms with Crippen LogP contribution in [-0.2, 0) is 6.42 Å². The number of aryl methyl sites for hydroxylation is 1. The normalized spacial score (nSPS) is 11.8. The zero-order valence-corrected chi connectivity index (χ0v) is 12.2. The zero-order valence-electron chi connectivity index (χ0n) is 11.4. The summed E-state index contributed by atoms with van der Waals surface area (Å²) in [5.41, 5.74) is 1.97. The Morgan fingerprint density at radius 2 is 2.06 bits per heavy atom. The van der Waals surface area contributed by atoms with Gasteiger partial charge in [-0.3, -0.25) is 0 Å². The summed E-state index contributed by atoms with van der Waals surface area (Å²) in [6.45, 7) is 8.40. The van der Waals surface area contributed by atoms with E-state index in [1.165, 1.54) is 11.5 Å². The Morgan fingerprint density at radius 3 is 2.67 bits per heavy atom. The topological polar surface area (TPSA) is 63.8 Å². The van der Waals surface area contributed by atoms with Crippen molar-refractivity contribution in [2.75, 3.05) is 12.4 Å². The molecule has 98 valence electrons. The molecule has 0 spiro atoms. The van der Waals surface area contributed by atoms with Crippen molar-refractivity contribution in [2.45, 2.75) is 34.1 Å². The van der Waals surface area contributed by atoms with E-state index in [9.17, 15) is 0 Å². The van der Waals surface area contributed by atoms with Gasteiger partial charge in [0, 0.05) is 13.5 Å². The fraction of sp³-hybridized carbons (Fsp3) is 0.583. The number of aromatic nitrogens is 3. The van der Waals surface area contributed by atoms with Crippen molar-refractivity contribution in [1.82, 2.24) is 14.5 Å². The fourth-order valence-corrected chi connectivity index (χ4v) is 2.43. The number of hydrogen-bond acceptors (Lipinski definition) is 6. The number of nitrogens with zero attached hydrogens (tertiary/aromatic N) is 3. The van der Waals surface area contributed by atoms with Crippen LogP contribution in [0.5, 0.6) is 0 Å². The monoisotopic (exact) mass is 266 g/mol. The molecule has 2 heterocycles. The lowest BCUT2D eigenvalue weighted by Gasteiger charge is -2.14. The number of rotatable bonds is 3. The molecule has 18 heavy (non-hydrogen) atoms. The highest BCUT2D eigenvalue weighted by Crippen LogP contribution is 2.33. The summed E-state index contributed by atoms with van der Waals surface area (Å²) in [5.74, 6) is 1.29. The minimum Gasteiger partial charge on any atom is -0.378 e. The average Bonchev–Trinajstić information content (AvgIpc) is 2.82. The summed E-state index contributed by atoms with van der Waals surface area (Å²) >= 11 is 1.40. The van der Waals surface area contributed by atoms with Crippen LogP contribution in [-0.4, -0.2) is 21.6 Å². The summed E-state index contributed by atoms with van der Waals surface area (Å²) in [4.78, 5) is 4.46. The van der Waals surface area contributed by atoms with E-state index >= 15 is 0 Å². The van der Waals surface area contributed by atoms with Crippen LogP contribution in [0.2, 0.25) is 0 Å². The van der Waals surface area contributed by atoms with E-state index in [0.717, 1.165) is 28.5 Å². The second-order valence-corrected chi connectivity index (χ2v) is 6.25. The predicted molar refractivity (Wildman–Crippen MR) is 72.8 cm³/mol. The number of anilines is 1. The van der Waals surface area contributed by atoms with E-state index in [-0.39, 0.29) is 5.41 Å². The van der Waals surface area contributed by atoms with E-state index in [2.05, 4.69) is 40.6 Å². The molecular weight excluding hydrogens is 248 g/mol. The van der Waals surface area contributed by atoms with Gasteiger partial charge >= 0.3 is 0 Å². The highest BCUT2D eigenvalue weighted by Gasteiger charge is 2.21. The molecule has 2 aromatic rings. The Balaban J connectivity index is 2.32. The largest absolute Gasteiger partial charge is 0.378 e. The third kappa shape index (κ3) is 2.69. The van der Waals surface area contributed by atoms with Crippen molar-refractivity contribution in [3.8, 4) is 11.5 Å². The average molecular weight is 266 g/mol. The molecule has 0 saturated carbocycles. The van der Waals surface area contributed by atoms with Gasteiger partial charge in [-0.25, -0.2) is 0 Å². The van der Waals surface area contributed by atoms with Crippen LogP contribution in [0.3, 0.4) is 0 Å². The SMILES string of the molecule is CNc1snc(C)c1-c1nc(CC(C)(C)C)no1. The van der Waals surface area contributed by atoms with Gasteiger partial charge in [-0.2, -0.15) is 9.36 Å². The maximum Gasteiger partial charge on any atom is 0.262 e. The van der Waals surface area contributed by atoms with Crippen LogP contribution in [0, 0.1) is 12.3 Å². The van der Waals surface area contributed by atoms with Crippen LogP contribution in [0.4, 0.5) is 5.00 Å². The Labute approximate surface area is 111 Å². The van der Waals surface area contributed by atoms with Crippen molar-refractivity contribution in [3.05, 3.63) is 11.5 Å². The second kappa shape index (κ2) is 4.68. The van der Waals surface area contributed by atoms with Crippen molar-refractivity contribution in [1.29, 1.82) is 0 Å². The van der Waals surface area contributed by atoms with E-state index in [1.807, 2.05) is 14.0 Å². The van der Waals surface area contributed by atoms with Gasteiger partial charge in [-0.1, -0.05) is 25.9 Å². The van der Waals surface area contributed by atoms with Crippen molar-refractivity contribution < 1.29 is 4.52 Å². The van der Waals surface area contributed by atoms with Gasteiger partial charge in [0.25, 0.3) is 5.89 Å². The molecule has 0 saturated heterocycles. The molecule has 0 aliphatic heterocycles. The Morgan fingerprint density at radius 1 is 1.33 bits per heavy atom. The Kier molecular flexibility index (Phi) is 3.38. The summed E-state index contributed by atoms with van der Waals surface area (Å²) in [5, 5.41) is 8.09. The summed E-state index contributed by atoms with van der Waals surface area (Å²) in [6, 6.07) is 0. The van der Waals surface area contributed by atoms with E-state index in [0.29, 0.717) is 5.89 Å². The summed E-state index contributed by atoms with van der Waals surface area (Å²) in [7, 11) is 1.86. The molecule has 0 fully saturated rings. The standard InChI is InChI=1S/C12H18N4OS/c1-7-9(11(13-5)18-16-7)10-14-8(15-17-10)6-12(2,3)4/h13H,6H2,1-5H3. The van der Waals surface area contributed by atoms with Crippen LogP contribution < -0.4 is 5.32 Å². The molecule has 5 nitrogen and oxygen atoms in total. The third-order valence-corrected chi connectivity index (χ3v) is 3.42. The maximum absolute atomic E-state index is 5.34. The van der Waals surface area contributed by atoms with Crippen LogP contribution in [0.25, 0.3) is 11.5 Å². The predicted octanol–water partition coefficient (Wildman–Crippen LogP) is 3.13. The molecule has 2 aromatic heterocycles. The molecule has 6 heteroatoms. The number of hydrogen-bond donors (Lipinski definition) is 1. The van der Waals surface area contributed by atoms with E-state index < -0.39 is 0 Å². The van der Waals surface area contributed by atoms with Gasteiger partial charge in [0.15, 0.2) is 5.82 Å². The van der Waals surface area contributed by atoms with Crippen molar-refractivity contribution in [2.24, 2.45) is 5.41 Å². The minimum absolute atomic E-state index is 0.148. The maximum atomic E-state index is 5.34. The first-order valence-corrected chi connectivity index (χ1v) is 6.65. The van der Waals surface area contributed by atoms with Gasteiger partial charge in [0.1, 0.15) is 5.00 Å². The number of nitrogens with one attached hydrogen (secondary N) is 1. The molecule has 0 amide bonds. The highest BCUT2D eigenvalue weighted by atomic mass is 32.1. The minimum atomic E-state index is 0.148. The van der Waals surface area contributed by atoms with Crippen LogP contribution >= 0.6 is 11.5 Å². The Bertz CT molecular complexity index is 539. The molecule has 0 unspecified atom stereocenters. The lowest BCUT2D eigenvalue weighted by atomic mass is 9.92. The molecule has 0 aliphatic carbocycles. The van der Waals surface area contributed by atoms with E-state index in [4.69, 9.17) is 4.52 Å². The lowest BCUT2D eigenvalue weighted by Crippen LogP contribution is -2.10. The molecule has 0 atom stereocenters. The van der Waals surface area contributed by atoms with Crippen LogP contribution in [0.1, 0.15) is 32.3 Å². The van der Waals surface area contributed by atoms with Crippen molar-refractivity contribution >= 4 is 16.5 Å². The molecule has 0 radical (unpaired) electrons. The second-order valence-electron chi connectivity index (χ2n) is 5.48. The summed E-state index contributed by atoms with van der Waals surface area (Å²) < 4.78 is 9.64. The first-order valence-electron chi connectivity index (χ1n) is 5.87. The van der Waals surface area contributed by atoms with Gasteiger partial charge in [0.05, 0.1) is 11.3 Å². The molecule has 0 bridgehead atoms. The van der Waals surface area contributed by atoms with Crippen molar-refractivity contribution in [3.63, 3.8) is 0 Å². The van der Waals surface area contributed by atoms with Gasteiger partial charge in [-0.15, -0.1) is 0 Å². The lowest BCUT2D eigenvalue weighted by molar-refractivity contribution is 0.374. The fourth-order valence-electron chi connectivity index (χ4n) is 1.69. The molecule has 0 aromatic carbocycles. The zero-order chi connectivity index (χ0) is 13.3. The van der Waals surface area contributed by atoms with Gasteiger partial charge < -0.3 is 9.84 Å². The summed E-state index contributed by atoms with van der Waals surface area (Å²) in [6.07, 6.45) is 0.794. The molecule has 1 N–H and O–H groups in total. The van der Waals surface area contributed by atoms with E-state index in [1.54, 1.807) is 0 Å². The quantitative estimate of drug-likeness (QED) is 0.924. The molecular formula is C12H18N4OS. The smallest absolute Gasteiger partial charge is 0.262 e. The molecule has 0 aliphatic rings. The Hall–Kier alpha value is -1.43. The highest BCUT2D eigenvalue weighted by molar-refractivity contribution is 7.10. The first kappa shape index (κ1) is 13.0.